The van der Waals surface area contributed by atoms with Crippen molar-refractivity contribution in [3.05, 3.63) is 71.0 Å². The predicted molar refractivity (Wildman–Crippen MR) is 113 cm³/mol. The van der Waals surface area contributed by atoms with E-state index in [2.05, 4.69) is 9.82 Å². The zero-order chi connectivity index (χ0) is 21.6. The molecule has 1 heterocycles. The lowest BCUT2D eigenvalue weighted by Gasteiger charge is -2.11. The first-order valence-electron chi connectivity index (χ1n) is 9.38. The highest BCUT2D eigenvalue weighted by Gasteiger charge is 2.18. The molecule has 8 nitrogen and oxygen atoms in total. The molecule has 0 radical (unpaired) electrons. The first-order chi connectivity index (χ1) is 14.4. The van der Waals surface area contributed by atoms with Crippen molar-refractivity contribution in [3.63, 3.8) is 0 Å². The Kier molecular flexibility index (Phi) is 6.86. The van der Waals surface area contributed by atoms with Gasteiger partial charge in [0.15, 0.2) is 0 Å². The number of rotatable bonds is 9. The average Bonchev–Trinajstić information content (AvgIpc) is 2.76. The number of hydrogen-bond donors (Lipinski definition) is 1. The highest BCUT2D eigenvalue weighted by molar-refractivity contribution is 7.89. The second kappa shape index (κ2) is 9.55. The van der Waals surface area contributed by atoms with Crippen LogP contribution in [0, 0.1) is 0 Å². The van der Waals surface area contributed by atoms with Crippen LogP contribution in [0.4, 0.5) is 0 Å². The largest absolute Gasteiger partial charge is 0.495 e. The number of benzene rings is 2. The van der Waals surface area contributed by atoms with Gasteiger partial charge in [0.25, 0.3) is 5.56 Å². The molecule has 0 saturated carbocycles. The van der Waals surface area contributed by atoms with Gasteiger partial charge in [0.2, 0.25) is 10.0 Å². The summed E-state index contributed by atoms with van der Waals surface area (Å²) in [5, 5.41) is 4.35. The normalized spacial score (nSPS) is 11.3. The van der Waals surface area contributed by atoms with E-state index < -0.39 is 10.0 Å². The Morgan fingerprint density at radius 3 is 2.47 bits per heavy atom. The molecule has 0 aliphatic heterocycles. The highest BCUT2D eigenvalue weighted by atomic mass is 32.2. The number of nitrogens with one attached hydrogen (secondary N) is 1. The Bertz CT molecular complexity index is 1160. The monoisotopic (exact) mass is 429 g/mol. The van der Waals surface area contributed by atoms with E-state index in [4.69, 9.17) is 9.47 Å². The van der Waals surface area contributed by atoms with Crippen molar-refractivity contribution in [2.75, 3.05) is 20.3 Å². The van der Waals surface area contributed by atoms with Crippen LogP contribution in [-0.4, -0.2) is 38.5 Å². The van der Waals surface area contributed by atoms with E-state index in [9.17, 15) is 13.2 Å². The van der Waals surface area contributed by atoms with Crippen LogP contribution >= 0.6 is 0 Å². The van der Waals surface area contributed by atoms with Gasteiger partial charge in [-0.2, -0.15) is 5.10 Å². The Balaban J connectivity index is 1.73. The maximum atomic E-state index is 12.5. The van der Waals surface area contributed by atoms with Crippen molar-refractivity contribution in [1.29, 1.82) is 0 Å². The minimum absolute atomic E-state index is 0.0000196. The summed E-state index contributed by atoms with van der Waals surface area (Å²) in [6.45, 7) is 2.57. The van der Waals surface area contributed by atoms with Crippen LogP contribution in [0.1, 0.15) is 6.92 Å². The lowest BCUT2D eigenvalue weighted by atomic mass is 10.1. The molecule has 0 unspecified atom stereocenters. The summed E-state index contributed by atoms with van der Waals surface area (Å²) in [6.07, 6.45) is 0. The number of methoxy groups -OCH3 is 1. The zero-order valence-electron chi connectivity index (χ0n) is 16.7. The number of aromatic nitrogens is 2. The Labute approximate surface area is 175 Å². The van der Waals surface area contributed by atoms with Crippen molar-refractivity contribution in [3.8, 4) is 22.8 Å². The van der Waals surface area contributed by atoms with E-state index in [1.807, 2.05) is 31.2 Å². The summed E-state index contributed by atoms with van der Waals surface area (Å²) in [5.41, 5.74) is 1.10. The van der Waals surface area contributed by atoms with E-state index >= 15 is 0 Å². The summed E-state index contributed by atoms with van der Waals surface area (Å²) in [5.74, 6) is 0.998. The lowest BCUT2D eigenvalue weighted by Crippen LogP contribution is -2.32. The van der Waals surface area contributed by atoms with Gasteiger partial charge in [-0.25, -0.2) is 17.8 Å². The van der Waals surface area contributed by atoms with Crippen LogP contribution < -0.4 is 19.8 Å². The smallest absolute Gasteiger partial charge is 0.266 e. The maximum Gasteiger partial charge on any atom is 0.266 e. The summed E-state index contributed by atoms with van der Waals surface area (Å²) in [7, 11) is -2.38. The van der Waals surface area contributed by atoms with Gasteiger partial charge in [0.1, 0.15) is 16.4 Å². The second-order valence-electron chi connectivity index (χ2n) is 6.29. The second-order valence-corrected chi connectivity index (χ2v) is 8.02. The fourth-order valence-electron chi connectivity index (χ4n) is 2.86. The van der Waals surface area contributed by atoms with Gasteiger partial charge in [0.05, 0.1) is 26.0 Å². The number of nitrogens with zero attached hydrogens (tertiary/aromatic N) is 2. The van der Waals surface area contributed by atoms with Gasteiger partial charge in [-0.05, 0) is 49.4 Å². The molecular formula is C21H23N3O5S. The van der Waals surface area contributed by atoms with Crippen LogP contribution in [0.25, 0.3) is 11.3 Å². The molecule has 0 aliphatic carbocycles. The Hall–Kier alpha value is -3.17. The molecule has 0 bridgehead atoms. The van der Waals surface area contributed by atoms with Gasteiger partial charge < -0.3 is 9.47 Å². The topological polar surface area (TPSA) is 99.5 Å². The number of hydrogen-bond acceptors (Lipinski definition) is 6. The molecule has 3 aromatic rings. The molecule has 9 heteroatoms. The molecular weight excluding hydrogens is 406 g/mol. The first kappa shape index (κ1) is 21.5. The number of para-hydroxylation sites is 1. The van der Waals surface area contributed by atoms with E-state index in [-0.39, 0.29) is 29.3 Å². The Morgan fingerprint density at radius 2 is 1.77 bits per heavy atom. The van der Waals surface area contributed by atoms with Gasteiger partial charge in [-0.3, -0.25) is 4.79 Å². The van der Waals surface area contributed by atoms with E-state index in [0.29, 0.717) is 12.3 Å². The van der Waals surface area contributed by atoms with E-state index in [1.54, 1.807) is 24.3 Å². The predicted octanol–water partition coefficient (Wildman–Crippen LogP) is 2.30. The van der Waals surface area contributed by atoms with Gasteiger partial charge in [-0.1, -0.05) is 12.1 Å². The third-order valence-electron chi connectivity index (χ3n) is 4.30. The SMILES string of the molecule is CCOc1ccc(-c2ccc(=O)n(CCNS(=O)(=O)c3ccccc3OC)n2)cc1. The molecule has 0 fully saturated rings. The van der Waals surface area contributed by atoms with Crippen molar-refractivity contribution < 1.29 is 17.9 Å². The van der Waals surface area contributed by atoms with Gasteiger partial charge >= 0.3 is 0 Å². The van der Waals surface area contributed by atoms with Gasteiger partial charge in [-0.15, -0.1) is 0 Å². The summed E-state index contributed by atoms with van der Waals surface area (Å²) in [6, 6.07) is 16.7. The van der Waals surface area contributed by atoms with E-state index in [0.717, 1.165) is 11.3 Å². The van der Waals surface area contributed by atoms with Crippen LogP contribution in [0.5, 0.6) is 11.5 Å². The van der Waals surface area contributed by atoms with Crippen LogP contribution in [0.15, 0.2) is 70.4 Å². The molecule has 0 atom stereocenters. The van der Waals surface area contributed by atoms with Crippen molar-refractivity contribution >= 4 is 10.0 Å². The zero-order valence-corrected chi connectivity index (χ0v) is 17.6. The molecule has 0 saturated heterocycles. The fraction of sp³-hybridized carbons (Fsp3) is 0.238. The lowest BCUT2D eigenvalue weighted by molar-refractivity contribution is 0.340. The molecule has 0 aliphatic rings. The molecule has 1 aromatic heterocycles. The molecule has 3 rings (SSSR count). The Morgan fingerprint density at radius 1 is 1.03 bits per heavy atom. The van der Waals surface area contributed by atoms with Crippen molar-refractivity contribution in [2.24, 2.45) is 0 Å². The molecule has 0 amide bonds. The standard InChI is InChI=1S/C21H23N3O5S/c1-3-29-17-10-8-16(9-11-17)18-12-13-21(25)24(23-18)15-14-22-30(26,27)20-7-5-4-6-19(20)28-2/h4-13,22H,3,14-15H2,1-2H3. The fourth-order valence-corrected chi connectivity index (χ4v) is 4.05. The molecule has 0 spiro atoms. The third-order valence-corrected chi connectivity index (χ3v) is 5.80. The number of sulfonamides is 1. The first-order valence-corrected chi connectivity index (χ1v) is 10.9. The van der Waals surface area contributed by atoms with Crippen molar-refractivity contribution in [2.45, 2.75) is 18.4 Å². The van der Waals surface area contributed by atoms with Crippen molar-refractivity contribution in [1.82, 2.24) is 14.5 Å². The van der Waals surface area contributed by atoms with Crippen LogP contribution in [-0.2, 0) is 16.6 Å². The molecule has 2 aromatic carbocycles. The molecule has 158 valence electrons. The number of ether oxygens (including phenoxy) is 2. The summed E-state index contributed by atoms with van der Waals surface area (Å²) in [4.78, 5) is 12.2. The minimum Gasteiger partial charge on any atom is -0.495 e. The average molecular weight is 429 g/mol. The summed E-state index contributed by atoms with van der Waals surface area (Å²) < 4.78 is 39.4. The maximum absolute atomic E-state index is 12.5. The van der Waals surface area contributed by atoms with Crippen LogP contribution in [0.2, 0.25) is 0 Å². The highest BCUT2D eigenvalue weighted by Crippen LogP contribution is 2.22. The van der Waals surface area contributed by atoms with Gasteiger partial charge in [0, 0.05) is 18.2 Å². The molecule has 1 N–H and O–H groups in total. The minimum atomic E-state index is -3.79. The quantitative estimate of drug-likeness (QED) is 0.560. The van der Waals surface area contributed by atoms with Crippen LogP contribution in [0.3, 0.4) is 0 Å². The molecule has 30 heavy (non-hydrogen) atoms. The van der Waals surface area contributed by atoms with E-state index in [1.165, 1.54) is 23.9 Å². The summed E-state index contributed by atoms with van der Waals surface area (Å²) >= 11 is 0. The third kappa shape index (κ3) is 5.05.